The van der Waals surface area contributed by atoms with E-state index >= 15 is 0 Å². The minimum absolute atomic E-state index is 0.0279. The zero-order chi connectivity index (χ0) is 40.1. The van der Waals surface area contributed by atoms with E-state index in [9.17, 15) is 32.4 Å². The topological polar surface area (TPSA) is 158 Å². The number of carbonyl (C=O) groups is 4. The Morgan fingerprint density at radius 2 is 1.67 bits per heavy atom. The van der Waals surface area contributed by atoms with Crippen molar-refractivity contribution in [3.05, 3.63) is 52.3 Å². The molecule has 2 aliphatic heterocycles. The summed E-state index contributed by atoms with van der Waals surface area (Å²) in [7, 11) is -3.87. The zero-order valence-corrected chi connectivity index (χ0v) is 34.1. The van der Waals surface area contributed by atoms with Crippen LogP contribution in [0.5, 0.6) is 5.88 Å². The highest BCUT2D eigenvalue weighted by Gasteiger charge is 2.61. The van der Waals surface area contributed by atoms with Gasteiger partial charge in [-0.15, -0.1) is 6.58 Å². The van der Waals surface area contributed by atoms with Crippen molar-refractivity contribution in [2.45, 2.75) is 139 Å². The van der Waals surface area contributed by atoms with Crippen molar-refractivity contribution in [2.75, 3.05) is 6.54 Å². The summed E-state index contributed by atoms with van der Waals surface area (Å²) in [5.41, 5.74) is -1.51. The van der Waals surface area contributed by atoms with Crippen molar-refractivity contribution in [3.8, 4) is 5.88 Å². The number of sulfonamides is 1. The molecule has 8 rings (SSSR count). The maximum atomic E-state index is 15.0. The van der Waals surface area contributed by atoms with Gasteiger partial charge in [0.25, 0.3) is 5.56 Å². The van der Waals surface area contributed by atoms with Gasteiger partial charge in [-0.25, -0.2) is 8.42 Å². The van der Waals surface area contributed by atoms with Crippen LogP contribution >= 0.6 is 11.6 Å². The van der Waals surface area contributed by atoms with Gasteiger partial charge in [-0.1, -0.05) is 43.4 Å². The fourth-order valence-electron chi connectivity index (χ4n) is 10.3. The molecule has 0 unspecified atom stereocenters. The number of hydrogen-bond donors (Lipinski definition) is 1. The third-order valence-corrected chi connectivity index (χ3v) is 15.9. The lowest BCUT2D eigenvalue weighted by molar-refractivity contribution is -0.156. The number of hydrogen-bond acceptors (Lipinski definition) is 9. The van der Waals surface area contributed by atoms with Gasteiger partial charge in [0.2, 0.25) is 21.8 Å². The number of nitrogens with one attached hydrogen (secondary N) is 1. The van der Waals surface area contributed by atoms with Crippen LogP contribution in [0.25, 0.3) is 10.8 Å². The van der Waals surface area contributed by atoms with E-state index in [2.05, 4.69) is 11.3 Å². The highest BCUT2D eigenvalue weighted by molar-refractivity contribution is 7.90. The Labute approximate surface area is 339 Å². The third kappa shape index (κ3) is 8.29. The number of nitrogens with zero attached hydrogens (tertiary/aromatic N) is 2. The summed E-state index contributed by atoms with van der Waals surface area (Å²) in [6, 6.07) is 5.90. The predicted molar refractivity (Wildman–Crippen MR) is 214 cm³/mol. The van der Waals surface area contributed by atoms with Crippen LogP contribution in [-0.4, -0.2) is 71.5 Å². The second kappa shape index (κ2) is 16.2. The number of fused-ring (bicyclic) bond motifs is 5. The Morgan fingerprint density at radius 3 is 2.40 bits per heavy atom. The van der Waals surface area contributed by atoms with E-state index in [-0.39, 0.29) is 73.4 Å². The number of halogens is 1. The lowest BCUT2D eigenvalue weighted by Gasteiger charge is -2.31. The molecule has 0 radical (unpaired) electrons. The van der Waals surface area contributed by atoms with Crippen LogP contribution in [0.3, 0.4) is 0 Å². The van der Waals surface area contributed by atoms with E-state index in [1.165, 1.54) is 4.90 Å². The van der Waals surface area contributed by atoms with E-state index in [1.54, 1.807) is 34.9 Å². The maximum Gasteiger partial charge on any atom is 0.306 e. The first-order valence-corrected chi connectivity index (χ1v) is 23.0. The fraction of sp³-hybridized carbons (Fsp3) is 0.651. The normalized spacial score (nSPS) is 31.4. The second-order valence-electron chi connectivity index (χ2n) is 17.6. The Balaban J connectivity index is 1.14. The largest absolute Gasteiger partial charge is 0.473 e. The lowest BCUT2D eigenvalue weighted by Crippen LogP contribution is -2.47. The molecular weight excluding hydrogens is 770 g/mol. The molecule has 7 atom stereocenters. The van der Waals surface area contributed by atoms with Crippen molar-refractivity contribution in [3.63, 3.8) is 0 Å². The van der Waals surface area contributed by atoms with Gasteiger partial charge in [-0.05, 0) is 106 Å². The number of ketones is 1. The molecule has 12 nitrogen and oxygen atoms in total. The minimum atomic E-state index is -3.87. The maximum absolute atomic E-state index is 15.0. The van der Waals surface area contributed by atoms with Gasteiger partial charge in [0.05, 0.1) is 35.6 Å². The van der Waals surface area contributed by atoms with Crippen molar-refractivity contribution in [1.82, 2.24) is 14.2 Å². The van der Waals surface area contributed by atoms with E-state index in [1.807, 2.05) is 0 Å². The monoisotopic (exact) mass is 823 g/mol. The van der Waals surface area contributed by atoms with Gasteiger partial charge in [0.1, 0.15) is 12.2 Å². The van der Waals surface area contributed by atoms with Gasteiger partial charge in [0.15, 0.2) is 11.7 Å². The summed E-state index contributed by atoms with van der Waals surface area (Å²) < 4.78 is 42.4. The van der Waals surface area contributed by atoms with Gasteiger partial charge < -0.3 is 14.4 Å². The average Bonchev–Trinajstić information content (AvgIpc) is 3.96. The van der Waals surface area contributed by atoms with Crippen molar-refractivity contribution >= 4 is 56.0 Å². The quantitative estimate of drug-likeness (QED) is 0.240. The van der Waals surface area contributed by atoms with Crippen molar-refractivity contribution in [1.29, 1.82) is 0 Å². The smallest absolute Gasteiger partial charge is 0.306 e. The van der Waals surface area contributed by atoms with Crippen molar-refractivity contribution < 1.29 is 37.1 Å². The molecule has 308 valence electrons. The first-order valence-electron chi connectivity index (χ1n) is 21.1. The van der Waals surface area contributed by atoms with E-state index in [0.717, 1.165) is 70.6 Å². The number of rotatable bonds is 8. The summed E-state index contributed by atoms with van der Waals surface area (Å²) in [5, 5.41) is 0.980. The molecule has 4 saturated carbocycles. The first kappa shape index (κ1) is 40.1. The summed E-state index contributed by atoms with van der Waals surface area (Å²) in [6.07, 6.45) is 11.3. The fourth-order valence-corrected chi connectivity index (χ4v) is 11.9. The molecule has 0 spiro atoms. The summed E-state index contributed by atoms with van der Waals surface area (Å²) in [4.78, 5) is 72.6. The minimum Gasteiger partial charge on any atom is -0.473 e. The molecule has 3 heterocycles. The molecule has 1 saturated heterocycles. The van der Waals surface area contributed by atoms with Crippen LogP contribution in [0.4, 0.5) is 0 Å². The molecule has 2 bridgehead atoms. The highest BCUT2D eigenvalue weighted by atomic mass is 35.5. The average molecular weight is 824 g/mol. The Hall–Kier alpha value is -3.71. The molecule has 2 amide bonds. The van der Waals surface area contributed by atoms with Gasteiger partial charge in [0, 0.05) is 35.9 Å². The molecule has 1 aromatic carbocycles. The van der Waals surface area contributed by atoms with Crippen LogP contribution in [0, 0.1) is 29.1 Å². The highest BCUT2D eigenvalue weighted by Crippen LogP contribution is 2.57. The van der Waals surface area contributed by atoms with Gasteiger partial charge >= 0.3 is 5.97 Å². The summed E-state index contributed by atoms with van der Waals surface area (Å²) >= 11 is 6.36. The number of ether oxygens (including phenoxy) is 2. The summed E-state index contributed by atoms with van der Waals surface area (Å²) in [5.74, 6) is -2.40. The predicted octanol–water partition coefficient (Wildman–Crippen LogP) is 6.25. The van der Waals surface area contributed by atoms with Gasteiger partial charge in [-0.3, -0.25) is 33.3 Å². The number of benzene rings is 1. The SMILES string of the molecule is C=C[C@@H]1C[C@]1(CC(=O)[C@@H]1C[C@@H]2CN1C(=O)[C@H](C1CCCC1)CC(=O)O[C@@H]1CCC[C@H]1CCCCCn1c(cc3cc(Cl)ccc3c1=O)O2)C(=O)NS(=O)(=O)C1CC1. The number of pyridine rings is 1. The van der Waals surface area contributed by atoms with Crippen LogP contribution in [0.1, 0.15) is 109 Å². The number of carbonyl (C=O) groups excluding carboxylic acids is 4. The standard InChI is InChI=1S/C43H54ClN3O9S/c1-2-29-23-43(29,42(52)45-57(53,54)32-15-16-32)24-36(48)35-21-31-25-47(35)41(51)34(26-9-5-6-10-26)22-39(49)56-37-13-8-12-27(37)11-4-3-7-18-46-38(55-31)20-28-19-30(44)14-17-33(28)40(46)50/h2,14,17,19-20,26-27,29,31-32,34-35,37H,1,3-13,15-16,18,21-25H2,(H,45,52)/t27-,29-,31-,34+,35+,37-,43-/m1/s1. The van der Waals surface area contributed by atoms with Crippen molar-refractivity contribution in [2.24, 2.45) is 29.1 Å². The van der Waals surface area contributed by atoms with E-state index in [4.69, 9.17) is 21.1 Å². The van der Waals surface area contributed by atoms with Gasteiger partial charge in [-0.2, -0.15) is 0 Å². The molecule has 6 aliphatic rings. The molecule has 57 heavy (non-hydrogen) atoms. The number of amides is 2. The molecule has 1 N–H and O–H groups in total. The van der Waals surface area contributed by atoms with Crippen LogP contribution in [0.15, 0.2) is 41.7 Å². The second-order valence-corrected chi connectivity index (χ2v) is 20.0. The van der Waals surface area contributed by atoms with E-state index < -0.39 is 50.6 Å². The molecule has 1 aromatic heterocycles. The number of Topliss-reactive ketones (excluding diaryl/α,β-unsaturated/α-hetero) is 1. The summed E-state index contributed by atoms with van der Waals surface area (Å²) in [6.45, 7) is 4.28. The first-order chi connectivity index (χ1) is 27.4. The van der Waals surface area contributed by atoms with E-state index in [0.29, 0.717) is 41.1 Å². The van der Waals surface area contributed by atoms with Crippen LogP contribution in [0.2, 0.25) is 5.02 Å². The van der Waals surface area contributed by atoms with Crippen LogP contribution < -0.4 is 15.0 Å². The van der Waals surface area contributed by atoms with Crippen LogP contribution in [-0.2, 0) is 40.5 Å². The third-order valence-electron chi connectivity index (χ3n) is 13.8. The molecule has 5 fully saturated rings. The zero-order valence-electron chi connectivity index (χ0n) is 32.5. The molecule has 4 aliphatic carbocycles. The number of aromatic nitrogens is 1. The molecule has 14 heteroatoms. The number of allylic oxidation sites excluding steroid dienone is 1. The Kier molecular flexibility index (Phi) is 11.4. The Morgan fingerprint density at radius 1 is 0.930 bits per heavy atom. The molecule has 2 aromatic rings. The number of esters is 1. The molecular formula is C43H54ClN3O9S. The lowest BCUT2D eigenvalue weighted by atomic mass is 9.86. The Bertz CT molecular complexity index is 2110.